The molecule has 140 valence electrons. The van der Waals surface area contributed by atoms with Gasteiger partial charge in [-0.25, -0.2) is 9.78 Å². The van der Waals surface area contributed by atoms with Gasteiger partial charge < -0.3 is 15.0 Å². The lowest BCUT2D eigenvalue weighted by molar-refractivity contribution is 0.201. The van der Waals surface area contributed by atoms with Crippen LogP contribution in [-0.2, 0) is 13.2 Å². The second-order valence-corrected chi connectivity index (χ2v) is 7.16. The first-order valence-corrected chi connectivity index (χ1v) is 9.71. The molecular formula is C20H27N3O2S. The van der Waals surface area contributed by atoms with E-state index in [1.807, 2.05) is 30.5 Å². The first-order chi connectivity index (χ1) is 12.5. The van der Waals surface area contributed by atoms with Gasteiger partial charge in [-0.05, 0) is 24.5 Å². The summed E-state index contributed by atoms with van der Waals surface area (Å²) in [4.78, 5) is 18.4. The summed E-state index contributed by atoms with van der Waals surface area (Å²) in [7, 11) is 0. The Bertz CT molecular complexity index is 727. The number of thiazole rings is 1. The summed E-state index contributed by atoms with van der Waals surface area (Å²) in [5.41, 5.74) is 2.05. The Morgan fingerprint density at radius 3 is 2.88 bits per heavy atom. The van der Waals surface area contributed by atoms with Crippen LogP contribution in [0, 0.1) is 0 Å². The van der Waals surface area contributed by atoms with Crippen molar-refractivity contribution in [1.29, 1.82) is 0 Å². The van der Waals surface area contributed by atoms with Gasteiger partial charge in [0.1, 0.15) is 17.4 Å². The van der Waals surface area contributed by atoms with Gasteiger partial charge in [-0.15, -0.1) is 17.9 Å². The third-order valence-corrected chi connectivity index (χ3v) is 4.68. The molecule has 6 heteroatoms. The summed E-state index contributed by atoms with van der Waals surface area (Å²) in [6.45, 7) is 11.9. The predicted molar refractivity (Wildman–Crippen MR) is 107 cm³/mol. The highest BCUT2D eigenvalue weighted by molar-refractivity contribution is 7.09. The zero-order valence-electron chi connectivity index (χ0n) is 15.7. The van der Waals surface area contributed by atoms with Gasteiger partial charge >= 0.3 is 6.03 Å². The van der Waals surface area contributed by atoms with Crippen LogP contribution < -0.4 is 10.1 Å². The van der Waals surface area contributed by atoms with E-state index >= 15 is 0 Å². The predicted octanol–water partition coefficient (Wildman–Crippen LogP) is 4.56. The fraction of sp³-hybridized carbons (Fsp3) is 0.400. The Hall–Kier alpha value is -2.34. The second-order valence-electron chi connectivity index (χ2n) is 6.22. The van der Waals surface area contributed by atoms with Gasteiger partial charge in [-0.1, -0.05) is 38.1 Å². The minimum Gasteiger partial charge on any atom is -0.486 e. The lowest BCUT2D eigenvalue weighted by Gasteiger charge is -2.20. The van der Waals surface area contributed by atoms with Gasteiger partial charge in [-0.2, -0.15) is 0 Å². The number of aromatic nitrogens is 1. The summed E-state index contributed by atoms with van der Waals surface area (Å²) in [5, 5.41) is 5.68. The maximum atomic E-state index is 12.1. The molecule has 2 amide bonds. The molecule has 0 fully saturated rings. The van der Waals surface area contributed by atoms with Crippen LogP contribution in [-0.4, -0.2) is 29.0 Å². The number of carbonyl (C=O) groups excluding carboxylic acids is 1. The van der Waals surface area contributed by atoms with Gasteiger partial charge in [0.25, 0.3) is 0 Å². The van der Waals surface area contributed by atoms with Crippen molar-refractivity contribution in [3.8, 4) is 5.75 Å². The van der Waals surface area contributed by atoms with E-state index < -0.39 is 0 Å². The molecule has 0 saturated carbocycles. The number of carbonyl (C=O) groups is 1. The Balaban J connectivity index is 1.99. The lowest BCUT2D eigenvalue weighted by Crippen LogP contribution is -2.39. The molecule has 2 aromatic rings. The largest absolute Gasteiger partial charge is 0.486 e. The third kappa shape index (κ3) is 5.59. The highest BCUT2D eigenvalue weighted by Crippen LogP contribution is 2.27. The molecule has 0 unspecified atom stereocenters. The molecule has 0 saturated heterocycles. The number of nitrogens with zero attached hydrogens (tertiary/aromatic N) is 2. The zero-order valence-corrected chi connectivity index (χ0v) is 16.5. The van der Waals surface area contributed by atoms with Crippen molar-refractivity contribution in [2.75, 3.05) is 13.1 Å². The normalized spacial score (nSPS) is 10.6. The topological polar surface area (TPSA) is 54.5 Å². The van der Waals surface area contributed by atoms with Gasteiger partial charge in [0, 0.05) is 18.5 Å². The van der Waals surface area contributed by atoms with Crippen molar-refractivity contribution in [3.63, 3.8) is 0 Å². The van der Waals surface area contributed by atoms with E-state index in [0.29, 0.717) is 32.2 Å². The van der Waals surface area contributed by atoms with Crippen molar-refractivity contribution >= 4 is 17.4 Å². The maximum absolute atomic E-state index is 12.1. The van der Waals surface area contributed by atoms with Crippen LogP contribution in [0.3, 0.4) is 0 Å². The van der Waals surface area contributed by atoms with Gasteiger partial charge in [0.15, 0.2) is 0 Å². The number of para-hydroxylation sites is 1. The number of amides is 2. The van der Waals surface area contributed by atoms with Crippen LogP contribution in [0.2, 0.25) is 0 Å². The molecule has 1 N–H and O–H groups in total. The molecule has 2 rings (SSSR count). The quantitative estimate of drug-likeness (QED) is 0.656. The molecular weight excluding hydrogens is 346 g/mol. The van der Waals surface area contributed by atoms with E-state index in [1.165, 1.54) is 5.56 Å². The van der Waals surface area contributed by atoms with Gasteiger partial charge in [0.05, 0.1) is 12.2 Å². The molecule has 26 heavy (non-hydrogen) atoms. The van der Waals surface area contributed by atoms with E-state index in [4.69, 9.17) is 4.74 Å². The minimum absolute atomic E-state index is 0.107. The summed E-state index contributed by atoms with van der Waals surface area (Å²) in [6, 6.07) is 7.98. The Labute approximate surface area is 159 Å². The van der Waals surface area contributed by atoms with Crippen LogP contribution >= 0.6 is 11.3 Å². The smallest absolute Gasteiger partial charge is 0.318 e. The van der Waals surface area contributed by atoms with Crippen molar-refractivity contribution < 1.29 is 9.53 Å². The highest BCUT2D eigenvalue weighted by atomic mass is 32.1. The number of nitrogens with one attached hydrogen (secondary N) is 1. The number of urea groups is 1. The van der Waals surface area contributed by atoms with Crippen LogP contribution in [0.25, 0.3) is 0 Å². The first-order valence-electron chi connectivity index (χ1n) is 8.83. The van der Waals surface area contributed by atoms with Crippen molar-refractivity contribution in [2.45, 2.75) is 39.8 Å². The monoisotopic (exact) mass is 373 g/mol. The average Bonchev–Trinajstić information content (AvgIpc) is 3.07. The Morgan fingerprint density at radius 1 is 1.42 bits per heavy atom. The van der Waals surface area contributed by atoms with E-state index in [1.54, 1.807) is 22.3 Å². The van der Waals surface area contributed by atoms with E-state index in [-0.39, 0.29) is 6.03 Å². The van der Waals surface area contributed by atoms with Crippen LogP contribution in [0.1, 0.15) is 43.0 Å². The molecule has 1 aromatic heterocycles. The minimum atomic E-state index is -0.107. The molecule has 5 nitrogen and oxygen atoms in total. The average molecular weight is 374 g/mol. The van der Waals surface area contributed by atoms with Gasteiger partial charge in [0.2, 0.25) is 0 Å². The van der Waals surface area contributed by atoms with E-state index in [0.717, 1.165) is 16.5 Å². The van der Waals surface area contributed by atoms with Crippen molar-refractivity contribution in [2.24, 2.45) is 0 Å². The molecule has 0 aliphatic rings. The first kappa shape index (κ1) is 20.0. The lowest BCUT2D eigenvalue weighted by atomic mass is 10.0. The summed E-state index contributed by atoms with van der Waals surface area (Å²) < 4.78 is 5.98. The molecule has 0 spiro atoms. The summed E-state index contributed by atoms with van der Waals surface area (Å²) in [5.74, 6) is 1.30. The maximum Gasteiger partial charge on any atom is 0.318 e. The summed E-state index contributed by atoms with van der Waals surface area (Å²) in [6.07, 6.45) is 1.72. The second kappa shape index (κ2) is 9.97. The molecule has 0 aliphatic carbocycles. The third-order valence-electron chi connectivity index (χ3n) is 3.81. The van der Waals surface area contributed by atoms with Crippen molar-refractivity contribution in [3.05, 3.63) is 58.6 Å². The molecule has 1 aromatic carbocycles. The van der Waals surface area contributed by atoms with Gasteiger partial charge in [-0.3, -0.25) is 0 Å². The number of benzene rings is 1. The number of ether oxygens (including phenoxy) is 1. The SMILES string of the molecule is C=CCN(Cc1csc(COc2ccccc2C(C)C)n1)C(=O)NCC. The number of hydrogen-bond donors (Lipinski definition) is 1. The van der Waals surface area contributed by atoms with Crippen LogP contribution in [0.5, 0.6) is 5.75 Å². The van der Waals surface area contributed by atoms with Crippen LogP contribution in [0.4, 0.5) is 4.79 Å². The molecule has 1 heterocycles. The standard InChI is InChI=1S/C20H27N3O2S/c1-5-11-23(20(24)21-6-2)12-16-14-26-19(22-16)13-25-18-10-8-7-9-17(18)15(3)4/h5,7-10,14-15H,1,6,11-13H2,2-4H3,(H,21,24). The molecule has 0 aliphatic heterocycles. The highest BCUT2D eigenvalue weighted by Gasteiger charge is 2.14. The fourth-order valence-electron chi connectivity index (χ4n) is 2.55. The van der Waals surface area contributed by atoms with Crippen molar-refractivity contribution in [1.82, 2.24) is 15.2 Å². The van der Waals surface area contributed by atoms with Crippen LogP contribution in [0.15, 0.2) is 42.3 Å². The Kier molecular flexibility index (Phi) is 7.66. The van der Waals surface area contributed by atoms with E-state index in [9.17, 15) is 4.79 Å². The fourth-order valence-corrected chi connectivity index (χ4v) is 3.25. The number of rotatable bonds is 9. The number of hydrogen-bond acceptors (Lipinski definition) is 4. The molecule has 0 bridgehead atoms. The van der Waals surface area contributed by atoms with E-state index in [2.05, 4.69) is 36.8 Å². The Morgan fingerprint density at radius 2 is 2.19 bits per heavy atom. The summed E-state index contributed by atoms with van der Waals surface area (Å²) >= 11 is 1.55. The zero-order chi connectivity index (χ0) is 18.9. The molecule has 0 atom stereocenters. The molecule has 0 radical (unpaired) electrons.